The summed E-state index contributed by atoms with van der Waals surface area (Å²) in [6.07, 6.45) is 4.37. The number of aryl methyl sites for hydroxylation is 3. The Morgan fingerprint density at radius 3 is 2.47 bits per heavy atom. The van der Waals surface area contributed by atoms with Gasteiger partial charge in [-0.15, -0.1) is 0 Å². The van der Waals surface area contributed by atoms with E-state index in [1.165, 1.54) is 11.3 Å². The summed E-state index contributed by atoms with van der Waals surface area (Å²) in [7, 11) is 0. The van der Waals surface area contributed by atoms with Crippen LogP contribution < -0.4 is 0 Å². The van der Waals surface area contributed by atoms with E-state index in [2.05, 4.69) is 43.8 Å². The van der Waals surface area contributed by atoms with Crippen LogP contribution in [0, 0.1) is 13.8 Å². The van der Waals surface area contributed by atoms with Crippen LogP contribution in [0.15, 0.2) is 6.07 Å². The lowest BCUT2D eigenvalue weighted by Gasteiger charge is -2.09. The van der Waals surface area contributed by atoms with Gasteiger partial charge < -0.3 is 0 Å². The van der Waals surface area contributed by atoms with Crippen molar-refractivity contribution in [1.82, 2.24) is 14.6 Å². The van der Waals surface area contributed by atoms with E-state index in [1.807, 2.05) is 4.52 Å². The average Bonchev–Trinajstić information content (AvgIpc) is 2.67. The van der Waals surface area contributed by atoms with Crippen molar-refractivity contribution < 1.29 is 0 Å². The third-order valence-electron chi connectivity index (χ3n) is 3.25. The summed E-state index contributed by atoms with van der Waals surface area (Å²) in [5.41, 5.74) is 5.88. The number of nitrogens with zero attached hydrogens (tertiary/aromatic N) is 3. The molecule has 0 aliphatic heterocycles. The van der Waals surface area contributed by atoms with Crippen LogP contribution in [0.1, 0.15) is 49.3 Å². The zero-order valence-corrected chi connectivity index (χ0v) is 11.2. The van der Waals surface area contributed by atoms with Gasteiger partial charge in [-0.25, -0.2) is 9.50 Å². The Bertz CT molecular complexity index is 526. The van der Waals surface area contributed by atoms with Crippen LogP contribution in [0.25, 0.3) is 5.65 Å². The van der Waals surface area contributed by atoms with Gasteiger partial charge in [-0.3, -0.25) is 0 Å². The summed E-state index contributed by atoms with van der Waals surface area (Å²) in [6.45, 7) is 8.62. The quantitative estimate of drug-likeness (QED) is 0.808. The molecule has 2 heterocycles. The molecule has 2 rings (SSSR count). The van der Waals surface area contributed by atoms with Crippen molar-refractivity contribution in [3.63, 3.8) is 0 Å². The maximum Gasteiger partial charge on any atom is 0.155 e. The first-order chi connectivity index (χ1) is 8.17. The van der Waals surface area contributed by atoms with Gasteiger partial charge in [0.2, 0.25) is 0 Å². The first-order valence-electron chi connectivity index (χ1n) is 6.52. The van der Waals surface area contributed by atoms with Gasteiger partial charge in [-0.2, -0.15) is 5.10 Å². The number of aromatic nitrogens is 3. The van der Waals surface area contributed by atoms with Gasteiger partial charge in [0, 0.05) is 17.5 Å². The van der Waals surface area contributed by atoms with E-state index in [0.717, 1.165) is 42.7 Å². The summed E-state index contributed by atoms with van der Waals surface area (Å²) in [5, 5.41) is 4.68. The number of rotatable bonds is 4. The molecule has 0 N–H and O–H groups in total. The van der Waals surface area contributed by atoms with Crippen molar-refractivity contribution in [3.8, 4) is 0 Å². The summed E-state index contributed by atoms with van der Waals surface area (Å²) in [4.78, 5) is 4.62. The van der Waals surface area contributed by atoms with Gasteiger partial charge in [0.15, 0.2) is 5.65 Å². The molecule has 0 atom stereocenters. The van der Waals surface area contributed by atoms with Crippen LogP contribution in [-0.2, 0) is 12.8 Å². The van der Waals surface area contributed by atoms with E-state index in [1.54, 1.807) is 0 Å². The maximum absolute atomic E-state index is 4.68. The minimum Gasteiger partial charge on any atom is -0.234 e. The SMILES string of the molecule is CCCc1cc2nc(C)c(C)c(CCC)n2n1. The fourth-order valence-electron chi connectivity index (χ4n) is 2.23. The second kappa shape index (κ2) is 4.86. The zero-order valence-electron chi connectivity index (χ0n) is 11.2. The van der Waals surface area contributed by atoms with Crippen molar-refractivity contribution in [2.45, 2.75) is 53.4 Å². The Hall–Kier alpha value is -1.38. The van der Waals surface area contributed by atoms with Gasteiger partial charge in [0.1, 0.15) is 0 Å². The van der Waals surface area contributed by atoms with Gasteiger partial charge in [0.05, 0.1) is 5.69 Å². The molecule has 0 saturated carbocycles. The lowest BCUT2D eigenvalue weighted by Crippen LogP contribution is -2.06. The molecule has 92 valence electrons. The van der Waals surface area contributed by atoms with Gasteiger partial charge in [-0.1, -0.05) is 26.7 Å². The summed E-state index contributed by atoms with van der Waals surface area (Å²) < 4.78 is 2.04. The van der Waals surface area contributed by atoms with E-state index in [0.29, 0.717) is 0 Å². The molecule has 2 aromatic heterocycles. The Balaban J connectivity index is 2.61. The van der Waals surface area contributed by atoms with E-state index in [-0.39, 0.29) is 0 Å². The van der Waals surface area contributed by atoms with Crippen LogP contribution in [-0.4, -0.2) is 14.6 Å². The molecule has 0 unspecified atom stereocenters. The molecule has 0 aromatic carbocycles. The third kappa shape index (κ3) is 2.19. The Morgan fingerprint density at radius 1 is 1.12 bits per heavy atom. The lowest BCUT2D eigenvalue weighted by atomic mass is 10.1. The van der Waals surface area contributed by atoms with Gasteiger partial charge in [0.25, 0.3) is 0 Å². The number of hydrogen-bond acceptors (Lipinski definition) is 2. The number of hydrogen-bond donors (Lipinski definition) is 0. The Labute approximate surface area is 103 Å². The van der Waals surface area contributed by atoms with Gasteiger partial charge >= 0.3 is 0 Å². The minimum absolute atomic E-state index is 1.00. The minimum atomic E-state index is 1.00. The fourth-order valence-corrected chi connectivity index (χ4v) is 2.23. The van der Waals surface area contributed by atoms with Crippen molar-refractivity contribution >= 4 is 5.65 Å². The molecule has 0 fully saturated rings. The second-order valence-electron chi connectivity index (χ2n) is 4.67. The first-order valence-corrected chi connectivity index (χ1v) is 6.52. The fraction of sp³-hybridized carbons (Fsp3) is 0.571. The maximum atomic E-state index is 4.68. The van der Waals surface area contributed by atoms with Crippen LogP contribution in [0.5, 0.6) is 0 Å². The highest BCUT2D eigenvalue weighted by molar-refractivity contribution is 5.44. The highest BCUT2D eigenvalue weighted by Crippen LogP contribution is 2.17. The molecule has 0 radical (unpaired) electrons. The van der Waals surface area contributed by atoms with Gasteiger partial charge in [-0.05, 0) is 32.3 Å². The van der Waals surface area contributed by atoms with Crippen molar-refractivity contribution in [2.75, 3.05) is 0 Å². The summed E-state index contributed by atoms with van der Waals surface area (Å²) >= 11 is 0. The Kier molecular flexibility index (Phi) is 3.46. The highest BCUT2D eigenvalue weighted by Gasteiger charge is 2.11. The smallest absolute Gasteiger partial charge is 0.155 e. The van der Waals surface area contributed by atoms with Crippen LogP contribution in [0.2, 0.25) is 0 Å². The molecular formula is C14H21N3. The largest absolute Gasteiger partial charge is 0.234 e. The zero-order chi connectivity index (χ0) is 12.4. The lowest BCUT2D eigenvalue weighted by molar-refractivity contribution is 0.757. The van der Waals surface area contributed by atoms with Crippen LogP contribution in [0.4, 0.5) is 0 Å². The predicted octanol–water partition coefficient (Wildman–Crippen LogP) is 3.25. The molecule has 0 amide bonds. The molecule has 0 bridgehead atoms. The standard InChI is InChI=1S/C14H21N3/c1-5-7-12-9-14-15-11(4)10(3)13(8-6-2)17(14)16-12/h9H,5-8H2,1-4H3. The predicted molar refractivity (Wildman–Crippen MR) is 70.5 cm³/mol. The monoisotopic (exact) mass is 231 g/mol. The van der Waals surface area contributed by atoms with E-state index in [4.69, 9.17) is 0 Å². The summed E-state index contributed by atoms with van der Waals surface area (Å²) in [5.74, 6) is 0. The molecule has 3 heteroatoms. The molecular weight excluding hydrogens is 210 g/mol. The molecule has 0 aliphatic rings. The van der Waals surface area contributed by atoms with Crippen molar-refractivity contribution in [3.05, 3.63) is 28.7 Å². The van der Waals surface area contributed by atoms with E-state index < -0.39 is 0 Å². The normalized spacial score (nSPS) is 11.3. The van der Waals surface area contributed by atoms with Crippen molar-refractivity contribution in [1.29, 1.82) is 0 Å². The molecule has 0 spiro atoms. The number of fused-ring (bicyclic) bond motifs is 1. The van der Waals surface area contributed by atoms with Crippen LogP contribution >= 0.6 is 0 Å². The van der Waals surface area contributed by atoms with E-state index >= 15 is 0 Å². The first kappa shape index (κ1) is 12.1. The summed E-state index contributed by atoms with van der Waals surface area (Å²) in [6, 6.07) is 2.12. The Morgan fingerprint density at radius 2 is 1.82 bits per heavy atom. The van der Waals surface area contributed by atoms with E-state index in [9.17, 15) is 0 Å². The highest BCUT2D eigenvalue weighted by atomic mass is 15.3. The molecule has 0 aliphatic carbocycles. The molecule has 2 aromatic rings. The molecule has 3 nitrogen and oxygen atoms in total. The third-order valence-corrected chi connectivity index (χ3v) is 3.25. The average molecular weight is 231 g/mol. The molecule has 0 saturated heterocycles. The molecule has 17 heavy (non-hydrogen) atoms. The topological polar surface area (TPSA) is 30.2 Å². The van der Waals surface area contributed by atoms with Crippen LogP contribution in [0.3, 0.4) is 0 Å². The second-order valence-corrected chi connectivity index (χ2v) is 4.67. The van der Waals surface area contributed by atoms with Crippen molar-refractivity contribution in [2.24, 2.45) is 0 Å².